The number of nitriles is 1. The second-order valence-corrected chi connectivity index (χ2v) is 6.82. The highest BCUT2D eigenvalue weighted by Gasteiger charge is 2.23. The van der Waals surface area contributed by atoms with E-state index in [-0.39, 0.29) is 5.91 Å². The SMILES string of the molecule is CC(=O)Nc1cc(Cl)cc(Nc2cc(NC3CC3)c3ncc(C#N)n3n2)c1. The Morgan fingerprint density at radius 3 is 2.78 bits per heavy atom. The topological polar surface area (TPSA) is 107 Å². The first-order valence-electron chi connectivity index (χ1n) is 8.42. The van der Waals surface area contributed by atoms with Crippen molar-refractivity contribution in [2.24, 2.45) is 0 Å². The Kier molecular flexibility index (Phi) is 4.30. The lowest BCUT2D eigenvalue weighted by Crippen LogP contribution is -2.08. The Morgan fingerprint density at radius 1 is 1.30 bits per heavy atom. The van der Waals surface area contributed by atoms with E-state index in [0.717, 1.165) is 18.5 Å². The molecule has 0 atom stereocenters. The quantitative estimate of drug-likeness (QED) is 0.624. The van der Waals surface area contributed by atoms with Crippen molar-refractivity contribution in [2.75, 3.05) is 16.0 Å². The van der Waals surface area contributed by atoms with Gasteiger partial charge in [-0.2, -0.15) is 9.78 Å². The van der Waals surface area contributed by atoms with Crippen LogP contribution in [0.4, 0.5) is 22.9 Å². The van der Waals surface area contributed by atoms with E-state index < -0.39 is 0 Å². The van der Waals surface area contributed by atoms with Gasteiger partial charge in [0.15, 0.2) is 17.2 Å². The smallest absolute Gasteiger partial charge is 0.221 e. The molecule has 0 spiro atoms. The summed E-state index contributed by atoms with van der Waals surface area (Å²) >= 11 is 6.15. The number of nitrogens with zero attached hydrogens (tertiary/aromatic N) is 4. The lowest BCUT2D eigenvalue weighted by atomic mass is 10.2. The zero-order chi connectivity index (χ0) is 19.0. The van der Waals surface area contributed by atoms with Crippen LogP contribution in [0, 0.1) is 11.3 Å². The van der Waals surface area contributed by atoms with E-state index >= 15 is 0 Å². The molecule has 2 heterocycles. The molecular weight excluding hydrogens is 366 g/mol. The summed E-state index contributed by atoms with van der Waals surface area (Å²) in [6, 6.07) is 9.50. The summed E-state index contributed by atoms with van der Waals surface area (Å²) in [5, 5.41) is 23.5. The summed E-state index contributed by atoms with van der Waals surface area (Å²) in [6.07, 6.45) is 3.72. The highest BCUT2D eigenvalue weighted by molar-refractivity contribution is 6.31. The average Bonchev–Trinajstić information content (AvgIpc) is 3.30. The van der Waals surface area contributed by atoms with Gasteiger partial charge in [-0.25, -0.2) is 4.98 Å². The van der Waals surface area contributed by atoms with Crippen LogP contribution in [0.2, 0.25) is 5.02 Å². The third-order valence-electron chi connectivity index (χ3n) is 4.01. The molecule has 3 N–H and O–H groups in total. The highest BCUT2D eigenvalue weighted by atomic mass is 35.5. The number of nitrogens with one attached hydrogen (secondary N) is 3. The molecule has 1 amide bonds. The minimum absolute atomic E-state index is 0.184. The van der Waals surface area contributed by atoms with Gasteiger partial charge in [0, 0.05) is 35.4 Å². The molecule has 2 aromatic heterocycles. The molecular formula is C18H16ClN7O. The maximum absolute atomic E-state index is 11.3. The molecule has 0 radical (unpaired) electrons. The molecule has 0 bridgehead atoms. The average molecular weight is 382 g/mol. The van der Waals surface area contributed by atoms with Crippen molar-refractivity contribution in [1.29, 1.82) is 5.26 Å². The van der Waals surface area contributed by atoms with Crippen LogP contribution >= 0.6 is 11.6 Å². The van der Waals surface area contributed by atoms with Gasteiger partial charge < -0.3 is 16.0 Å². The Hall–Kier alpha value is -3.31. The predicted molar refractivity (Wildman–Crippen MR) is 103 cm³/mol. The van der Waals surface area contributed by atoms with E-state index in [0.29, 0.717) is 39.6 Å². The van der Waals surface area contributed by atoms with Crippen LogP contribution in [0.15, 0.2) is 30.5 Å². The second kappa shape index (κ2) is 6.78. The zero-order valence-corrected chi connectivity index (χ0v) is 15.2. The number of carbonyl (C=O) groups excluding carboxylic acids is 1. The minimum atomic E-state index is -0.184. The number of imidazole rings is 1. The number of hydrogen-bond acceptors (Lipinski definition) is 6. The van der Waals surface area contributed by atoms with Crippen LogP contribution in [0.25, 0.3) is 5.65 Å². The maximum atomic E-state index is 11.3. The molecule has 1 aliphatic rings. The first kappa shape index (κ1) is 17.1. The van der Waals surface area contributed by atoms with Crippen molar-refractivity contribution in [1.82, 2.24) is 14.6 Å². The van der Waals surface area contributed by atoms with E-state index in [1.54, 1.807) is 18.2 Å². The van der Waals surface area contributed by atoms with Crippen LogP contribution in [-0.2, 0) is 4.79 Å². The Balaban J connectivity index is 1.72. The summed E-state index contributed by atoms with van der Waals surface area (Å²) in [4.78, 5) is 15.6. The largest absolute Gasteiger partial charge is 0.379 e. The summed E-state index contributed by atoms with van der Waals surface area (Å²) < 4.78 is 1.51. The predicted octanol–water partition coefficient (Wildman–Crippen LogP) is 3.53. The summed E-state index contributed by atoms with van der Waals surface area (Å²) in [6.45, 7) is 1.43. The van der Waals surface area contributed by atoms with E-state index in [4.69, 9.17) is 11.6 Å². The van der Waals surface area contributed by atoms with Crippen LogP contribution in [-0.4, -0.2) is 26.5 Å². The lowest BCUT2D eigenvalue weighted by Gasteiger charge is -2.12. The minimum Gasteiger partial charge on any atom is -0.379 e. The van der Waals surface area contributed by atoms with Crippen LogP contribution in [0.3, 0.4) is 0 Å². The third kappa shape index (κ3) is 3.78. The van der Waals surface area contributed by atoms with Crippen molar-refractivity contribution in [3.8, 4) is 6.07 Å². The second-order valence-electron chi connectivity index (χ2n) is 6.39. The fourth-order valence-corrected chi connectivity index (χ4v) is 2.98. The summed E-state index contributed by atoms with van der Waals surface area (Å²) in [5.41, 5.74) is 3.00. The number of hydrogen-bond donors (Lipinski definition) is 3. The van der Waals surface area contributed by atoms with Crippen LogP contribution < -0.4 is 16.0 Å². The standard InChI is InChI=1S/C18H16ClN7O/c1-10(27)22-13-4-11(19)5-14(6-13)24-17-7-16(23-12-2-3-12)18-21-9-15(8-20)26(18)25-17/h4-7,9,12,23H,2-3H2,1H3,(H,22,27)(H,24,25). The zero-order valence-electron chi connectivity index (χ0n) is 14.5. The van der Waals surface area contributed by atoms with Crippen molar-refractivity contribution in [3.63, 3.8) is 0 Å². The molecule has 1 saturated carbocycles. The normalized spacial score (nSPS) is 13.2. The number of rotatable bonds is 5. The molecule has 4 rings (SSSR count). The molecule has 8 nitrogen and oxygen atoms in total. The number of anilines is 4. The molecule has 1 fully saturated rings. The van der Waals surface area contributed by atoms with Crippen molar-refractivity contribution in [3.05, 3.63) is 41.2 Å². The van der Waals surface area contributed by atoms with Crippen molar-refractivity contribution < 1.29 is 4.79 Å². The first-order chi connectivity index (χ1) is 13.0. The maximum Gasteiger partial charge on any atom is 0.221 e. The number of benzene rings is 1. The molecule has 0 aliphatic heterocycles. The van der Waals surface area contributed by atoms with Crippen molar-refractivity contribution >= 4 is 46.0 Å². The van der Waals surface area contributed by atoms with E-state index in [2.05, 4.69) is 32.1 Å². The molecule has 9 heteroatoms. The molecule has 0 unspecified atom stereocenters. The van der Waals surface area contributed by atoms with Crippen LogP contribution in [0.5, 0.6) is 0 Å². The lowest BCUT2D eigenvalue weighted by molar-refractivity contribution is -0.114. The molecule has 3 aromatic rings. The third-order valence-corrected chi connectivity index (χ3v) is 4.23. The fourth-order valence-electron chi connectivity index (χ4n) is 2.74. The van der Waals surface area contributed by atoms with Gasteiger partial charge >= 0.3 is 0 Å². The van der Waals surface area contributed by atoms with Gasteiger partial charge in [0.05, 0.1) is 11.9 Å². The van der Waals surface area contributed by atoms with Gasteiger partial charge in [-0.15, -0.1) is 5.10 Å². The van der Waals surface area contributed by atoms with Gasteiger partial charge in [0.2, 0.25) is 5.91 Å². The monoisotopic (exact) mass is 381 g/mol. The highest BCUT2D eigenvalue weighted by Crippen LogP contribution is 2.30. The van der Waals surface area contributed by atoms with E-state index in [1.807, 2.05) is 6.07 Å². The number of amides is 1. The number of carbonyl (C=O) groups is 1. The van der Waals surface area contributed by atoms with Gasteiger partial charge in [0.25, 0.3) is 0 Å². The summed E-state index contributed by atoms with van der Waals surface area (Å²) in [7, 11) is 0. The Morgan fingerprint density at radius 2 is 2.07 bits per heavy atom. The van der Waals surface area contributed by atoms with Gasteiger partial charge in [-0.1, -0.05) is 11.6 Å². The Labute approximate surface area is 160 Å². The molecule has 27 heavy (non-hydrogen) atoms. The number of aromatic nitrogens is 3. The van der Waals surface area contributed by atoms with Crippen LogP contribution in [0.1, 0.15) is 25.5 Å². The van der Waals surface area contributed by atoms with Gasteiger partial charge in [0.1, 0.15) is 6.07 Å². The van der Waals surface area contributed by atoms with E-state index in [9.17, 15) is 10.1 Å². The molecule has 1 aromatic carbocycles. The van der Waals surface area contributed by atoms with Crippen molar-refractivity contribution in [2.45, 2.75) is 25.8 Å². The summed E-state index contributed by atoms with van der Waals surface area (Å²) in [5.74, 6) is 0.340. The Bertz CT molecular complexity index is 1080. The molecule has 136 valence electrons. The van der Waals surface area contributed by atoms with Gasteiger partial charge in [-0.05, 0) is 31.0 Å². The van der Waals surface area contributed by atoms with Gasteiger partial charge in [-0.3, -0.25) is 4.79 Å². The number of fused-ring (bicyclic) bond motifs is 1. The fraction of sp³-hybridized carbons (Fsp3) is 0.222. The first-order valence-corrected chi connectivity index (χ1v) is 8.80. The van der Waals surface area contributed by atoms with E-state index in [1.165, 1.54) is 17.6 Å². The molecule has 0 saturated heterocycles. The number of halogens is 1. The molecule has 1 aliphatic carbocycles.